The second-order valence-electron chi connectivity index (χ2n) is 14.8. The summed E-state index contributed by atoms with van der Waals surface area (Å²) in [5.41, 5.74) is 2.03. The lowest BCUT2D eigenvalue weighted by molar-refractivity contribution is -0.0528. The first kappa shape index (κ1) is 32.6. The minimum Gasteiger partial charge on any atom is -0.464 e. The largest absolute Gasteiger partial charge is 0.464 e. The van der Waals surface area contributed by atoms with Crippen molar-refractivity contribution in [3.8, 4) is 5.69 Å². The number of para-hydroxylation sites is 1. The molecule has 1 heterocycles. The molecule has 3 N–H and O–H groups in total. The van der Waals surface area contributed by atoms with Crippen LogP contribution in [0.5, 0.6) is 0 Å². The average molecular weight is 668 g/mol. The van der Waals surface area contributed by atoms with Crippen LogP contribution in [-0.2, 0) is 11.2 Å². The summed E-state index contributed by atoms with van der Waals surface area (Å²) in [6.45, 7) is 4.24. The van der Waals surface area contributed by atoms with Crippen LogP contribution >= 0.6 is 11.6 Å². The third-order valence-electron chi connectivity index (χ3n) is 10.7. The first-order valence-corrected chi connectivity index (χ1v) is 17.2. The Morgan fingerprint density at radius 1 is 1.00 bits per heavy atom. The highest BCUT2D eigenvalue weighted by molar-refractivity contribution is 6.31. The van der Waals surface area contributed by atoms with Gasteiger partial charge in [0.1, 0.15) is 5.69 Å². The number of hydrogen-bond donors (Lipinski definition) is 3. The summed E-state index contributed by atoms with van der Waals surface area (Å²) in [5, 5.41) is 18.3. The maximum atomic E-state index is 14.0. The highest BCUT2D eigenvalue weighted by Crippen LogP contribution is 2.55. The zero-order chi connectivity index (χ0) is 33.8. The molecule has 250 valence electrons. The van der Waals surface area contributed by atoms with E-state index in [0.29, 0.717) is 57.0 Å². The maximum absolute atomic E-state index is 14.0. The zero-order valence-corrected chi connectivity index (χ0v) is 28.3. The molecule has 0 unspecified atom stereocenters. The van der Waals surface area contributed by atoms with E-state index in [9.17, 15) is 19.5 Å². The Labute approximate surface area is 285 Å². The summed E-state index contributed by atoms with van der Waals surface area (Å²) in [6.07, 6.45) is 5.62. The molecule has 1 amide bonds. The van der Waals surface area contributed by atoms with Gasteiger partial charge in [0.15, 0.2) is 5.43 Å². The first-order chi connectivity index (χ1) is 22.9. The van der Waals surface area contributed by atoms with Crippen molar-refractivity contribution in [3.63, 3.8) is 0 Å². The molecule has 4 aliphatic carbocycles. The fourth-order valence-corrected chi connectivity index (χ4v) is 8.99. The number of carbonyl (C=O) groups is 2. The van der Waals surface area contributed by atoms with Crippen LogP contribution in [0.25, 0.3) is 16.6 Å². The Balaban J connectivity index is 1.14. The molecule has 4 aliphatic rings. The van der Waals surface area contributed by atoms with Crippen molar-refractivity contribution in [3.05, 3.63) is 110 Å². The highest BCUT2D eigenvalue weighted by Gasteiger charge is 2.55. The molecule has 0 aliphatic heterocycles. The number of rotatable bonds is 9. The minimum atomic E-state index is -0.759. The topological polar surface area (TPSA) is 110 Å². The normalized spacial score (nSPS) is 24.5. The summed E-state index contributed by atoms with van der Waals surface area (Å²) in [5.74, 6) is 0.774. The highest BCUT2D eigenvalue weighted by atomic mass is 35.5. The number of aliphatic hydroxyl groups is 1. The number of benzene rings is 3. The van der Waals surface area contributed by atoms with Crippen LogP contribution in [0.4, 0.5) is 0 Å². The lowest BCUT2D eigenvalue weighted by Gasteiger charge is -2.60. The van der Waals surface area contributed by atoms with Crippen molar-refractivity contribution in [2.24, 2.45) is 17.8 Å². The van der Waals surface area contributed by atoms with Gasteiger partial charge in [-0.1, -0.05) is 41.9 Å². The van der Waals surface area contributed by atoms with E-state index in [-0.39, 0.29) is 35.0 Å². The van der Waals surface area contributed by atoms with E-state index in [0.717, 1.165) is 37.7 Å². The van der Waals surface area contributed by atoms with E-state index in [4.69, 9.17) is 16.3 Å². The van der Waals surface area contributed by atoms with Gasteiger partial charge in [-0.25, -0.2) is 4.79 Å². The molecule has 9 heteroatoms. The Bertz CT molecular complexity index is 1920. The Morgan fingerprint density at radius 3 is 2.33 bits per heavy atom. The molecular weight excluding hydrogens is 626 g/mol. The second-order valence-corrected chi connectivity index (χ2v) is 15.2. The summed E-state index contributed by atoms with van der Waals surface area (Å²) in [4.78, 5) is 40.9. The lowest BCUT2D eigenvalue weighted by Crippen LogP contribution is -2.66. The molecule has 1 aromatic heterocycles. The van der Waals surface area contributed by atoms with Crippen LogP contribution < -0.4 is 16.1 Å². The predicted molar refractivity (Wildman–Crippen MR) is 187 cm³/mol. The number of pyridine rings is 1. The van der Waals surface area contributed by atoms with E-state index in [1.54, 1.807) is 34.9 Å². The van der Waals surface area contributed by atoms with E-state index in [1.807, 2.05) is 56.3 Å². The van der Waals surface area contributed by atoms with E-state index in [1.165, 1.54) is 7.11 Å². The van der Waals surface area contributed by atoms with Gasteiger partial charge in [0.25, 0.3) is 5.91 Å². The molecule has 0 spiro atoms. The fourth-order valence-electron chi connectivity index (χ4n) is 8.82. The van der Waals surface area contributed by atoms with Crippen LogP contribution in [0.15, 0.2) is 77.6 Å². The minimum absolute atomic E-state index is 0.0521. The van der Waals surface area contributed by atoms with Gasteiger partial charge in [0, 0.05) is 51.8 Å². The van der Waals surface area contributed by atoms with Gasteiger partial charge in [0.2, 0.25) is 0 Å². The number of β-amino-alcohol motifs (C(OH)–C–C–N with tert-alkyl or cyclic N) is 1. The summed E-state index contributed by atoms with van der Waals surface area (Å²) in [7, 11) is 1.30. The number of esters is 1. The number of nitrogens with zero attached hydrogens (tertiary/aromatic N) is 1. The van der Waals surface area contributed by atoms with Crippen molar-refractivity contribution >= 4 is 34.4 Å². The standard InChI is InChI=1S/C39H42ClN3O5/c1-38(2,47)22-41-39-19-24-15-26(20-39)33(27(16-24)21-39)42-36(45)25-11-9-23(10-12-25)17-31-34(37(46)48-3)43(29-7-5-4-6-8-29)32-18-28(40)13-14-30(32)35(31)44/h4-14,18,24,26-27,33,41,47H,15-17,19-22H2,1-3H3,(H,42,45)/t24-,26-,27+,33-,39-. The maximum Gasteiger partial charge on any atom is 0.355 e. The van der Waals surface area contributed by atoms with Crippen molar-refractivity contribution in [1.82, 2.24) is 15.2 Å². The summed E-state index contributed by atoms with van der Waals surface area (Å²) in [6, 6.07) is 21.8. The van der Waals surface area contributed by atoms with Gasteiger partial charge in [-0.05, 0) is 112 Å². The number of hydrogen-bond acceptors (Lipinski definition) is 6. The molecule has 0 saturated heterocycles. The van der Waals surface area contributed by atoms with Gasteiger partial charge in [-0.3, -0.25) is 9.59 Å². The third kappa shape index (κ3) is 6.17. The van der Waals surface area contributed by atoms with Gasteiger partial charge in [0.05, 0.1) is 18.2 Å². The smallest absolute Gasteiger partial charge is 0.355 e. The fraction of sp³-hybridized carbons (Fsp3) is 0.410. The molecule has 0 radical (unpaired) electrons. The van der Waals surface area contributed by atoms with Crippen LogP contribution in [-0.4, -0.2) is 52.4 Å². The molecule has 4 bridgehead atoms. The first-order valence-electron chi connectivity index (χ1n) is 16.8. The Morgan fingerprint density at radius 2 is 1.69 bits per heavy atom. The van der Waals surface area contributed by atoms with Gasteiger partial charge >= 0.3 is 5.97 Å². The molecule has 3 aromatic carbocycles. The number of nitrogens with one attached hydrogen (secondary N) is 2. The van der Waals surface area contributed by atoms with Crippen molar-refractivity contribution < 1.29 is 19.4 Å². The molecule has 4 saturated carbocycles. The number of amides is 1. The SMILES string of the molecule is COC(=O)c1c(Cc2ccc(C(=O)N[C@@H]3[C@@H]4C[C@@H]5C[C@H]3C[C@@](NCC(C)(C)O)(C5)C4)cc2)c(=O)c2ccc(Cl)cc2n1-c1ccccc1. The number of methoxy groups -OCH3 is 1. The third-order valence-corrected chi connectivity index (χ3v) is 10.9. The number of carbonyl (C=O) groups excluding carboxylic acids is 2. The molecule has 8 nitrogen and oxygen atoms in total. The summed E-state index contributed by atoms with van der Waals surface area (Å²) >= 11 is 6.36. The lowest BCUT2D eigenvalue weighted by atomic mass is 9.51. The van der Waals surface area contributed by atoms with E-state index >= 15 is 0 Å². The predicted octanol–water partition coefficient (Wildman–Crippen LogP) is 6.06. The molecule has 48 heavy (non-hydrogen) atoms. The molecule has 5 atom stereocenters. The molecule has 4 fully saturated rings. The van der Waals surface area contributed by atoms with Gasteiger partial charge in [-0.2, -0.15) is 0 Å². The molecular formula is C39H42ClN3O5. The Hall–Kier alpha value is -3.98. The number of ether oxygens (including phenoxy) is 1. The van der Waals surface area contributed by atoms with Crippen molar-refractivity contribution in [2.75, 3.05) is 13.7 Å². The molecule has 8 rings (SSSR count). The summed E-state index contributed by atoms with van der Waals surface area (Å²) < 4.78 is 6.95. The number of aromatic nitrogens is 1. The van der Waals surface area contributed by atoms with Crippen LogP contribution in [0.1, 0.15) is 77.9 Å². The molecule has 4 aromatic rings. The van der Waals surface area contributed by atoms with E-state index < -0.39 is 11.6 Å². The van der Waals surface area contributed by atoms with Crippen molar-refractivity contribution in [1.29, 1.82) is 0 Å². The van der Waals surface area contributed by atoms with Gasteiger partial charge in [-0.15, -0.1) is 0 Å². The second kappa shape index (κ2) is 12.5. The zero-order valence-electron chi connectivity index (χ0n) is 27.6. The monoisotopic (exact) mass is 667 g/mol. The van der Waals surface area contributed by atoms with Gasteiger partial charge < -0.3 is 25.0 Å². The number of halogens is 1. The van der Waals surface area contributed by atoms with Crippen molar-refractivity contribution in [2.45, 2.75) is 69.6 Å². The van der Waals surface area contributed by atoms with Crippen LogP contribution in [0, 0.1) is 17.8 Å². The van der Waals surface area contributed by atoms with Crippen LogP contribution in [0.2, 0.25) is 5.02 Å². The van der Waals surface area contributed by atoms with E-state index in [2.05, 4.69) is 10.6 Å². The number of fused-ring (bicyclic) bond motifs is 1. The quantitative estimate of drug-likeness (QED) is 0.187. The van der Waals surface area contributed by atoms with Crippen LogP contribution in [0.3, 0.4) is 0 Å². The Kier molecular flexibility index (Phi) is 8.47. The average Bonchev–Trinajstić information content (AvgIpc) is 3.06.